The molecule has 1 atom stereocenters. The lowest BCUT2D eigenvalue weighted by molar-refractivity contribution is 0.589. The number of hydrogen-bond donors (Lipinski definition) is 0. The van der Waals surface area contributed by atoms with Crippen LogP contribution in [-0.2, 0) is 12.8 Å². The van der Waals surface area contributed by atoms with Crippen LogP contribution >= 0.6 is 0 Å². The molecule has 70 valence electrons. The molecule has 2 rings (SSSR count). The van der Waals surface area contributed by atoms with Crippen LogP contribution in [0.3, 0.4) is 0 Å². The minimum atomic E-state index is 0.787. The molecule has 0 nitrogen and oxygen atoms in total. The van der Waals surface area contributed by atoms with Crippen LogP contribution in [0.15, 0.2) is 18.2 Å². The minimum Gasteiger partial charge on any atom is -0.0613 e. The van der Waals surface area contributed by atoms with E-state index in [0.29, 0.717) is 0 Å². The van der Waals surface area contributed by atoms with Gasteiger partial charge in [-0.05, 0) is 48.3 Å². The fourth-order valence-electron chi connectivity index (χ4n) is 2.30. The molecule has 1 aliphatic carbocycles. The quantitative estimate of drug-likeness (QED) is 0.609. The molecule has 0 saturated heterocycles. The summed E-state index contributed by atoms with van der Waals surface area (Å²) in [4.78, 5) is 0. The van der Waals surface area contributed by atoms with E-state index < -0.39 is 0 Å². The second-order valence-electron chi connectivity index (χ2n) is 4.18. The summed E-state index contributed by atoms with van der Waals surface area (Å²) >= 11 is 0. The maximum atomic E-state index is 2.42. The van der Waals surface area contributed by atoms with Crippen LogP contribution in [0.5, 0.6) is 0 Å². The molecule has 0 saturated carbocycles. The third-order valence-corrected chi connectivity index (χ3v) is 3.23. The topological polar surface area (TPSA) is 0 Å². The van der Waals surface area contributed by atoms with Gasteiger partial charge in [0.15, 0.2) is 0 Å². The zero-order chi connectivity index (χ0) is 9.26. The molecule has 0 radical (unpaired) electrons. The number of fused-ring (bicyclic) bond motifs is 1. The van der Waals surface area contributed by atoms with Crippen LogP contribution in [0.25, 0.3) is 0 Å². The molecule has 0 amide bonds. The predicted molar refractivity (Wildman–Crippen MR) is 57.2 cm³/mol. The van der Waals surface area contributed by atoms with E-state index in [1.807, 2.05) is 0 Å². The molecule has 0 aliphatic heterocycles. The van der Waals surface area contributed by atoms with Gasteiger partial charge in [0, 0.05) is 0 Å². The first-order valence-corrected chi connectivity index (χ1v) is 5.43. The molecule has 0 aromatic heterocycles. The SMILES string of the molecule is CCc1ccc2c(c1)C(C)CCC2. The lowest BCUT2D eigenvalue weighted by Crippen LogP contribution is -2.07. The highest BCUT2D eigenvalue weighted by Gasteiger charge is 2.15. The van der Waals surface area contributed by atoms with E-state index in [1.54, 1.807) is 11.1 Å². The van der Waals surface area contributed by atoms with Crippen LogP contribution in [-0.4, -0.2) is 0 Å². The van der Waals surface area contributed by atoms with Crippen LogP contribution in [0, 0.1) is 0 Å². The first-order valence-electron chi connectivity index (χ1n) is 5.43. The van der Waals surface area contributed by atoms with Gasteiger partial charge in [-0.3, -0.25) is 0 Å². The Hall–Kier alpha value is -0.780. The normalized spacial score (nSPS) is 21.2. The summed E-state index contributed by atoms with van der Waals surface area (Å²) in [6, 6.07) is 7.04. The standard InChI is InChI=1S/C13H18/c1-3-11-7-8-12-6-4-5-10(2)13(12)9-11/h7-10H,3-6H2,1-2H3. The summed E-state index contributed by atoms with van der Waals surface area (Å²) in [5, 5.41) is 0. The van der Waals surface area contributed by atoms with Gasteiger partial charge in [-0.2, -0.15) is 0 Å². The molecular formula is C13H18. The number of benzene rings is 1. The first kappa shape index (κ1) is 8.80. The molecule has 0 heterocycles. The second-order valence-corrected chi connectivity index (χ2v) is 4.18. The van der Waals surface area contributed by atoms with Gasteiger partial charge in [0.05, 0.1) is 0 Å². The number of hydrogen-bond acceptors (Lipinski definition) is 0. The molecule has 1 unspecified atom stereocenters. The molecule has 0 heteroatoms. The number of aryl methyl sites for hydroxylation is 2. The number of rotatable bonds is 1. The molecule has 0 bridgehead atoms. The highest BCUT2D eigenvalue weighted by Crippen LogP contribution is 2.31. The van der Waals surface area contributed by atoms with Gasteiger partial charge in [-0.15, -0.1) is 0 Å². The van der Waals surface area contributed by atoms with Crippen LogP contribution in [0.2, 0.25) is 0 Å². The fourth-order valence-corrected chi connectivity index (χ4v) is 2.30. The van der Waals surface area contributed by atoms with Crippen molar-refractivity contribution in [2.24, 2.45) is 0 Å². The Balaban J connectivity index is 2.41. The Morgan fingerprint density at radius 3 is 3.00 bits per heavy atom. The van der Waals surface area contributed by atoms with Crippen molar-refractivity contribution < 1.29 is 0 Å². The summed E-state index contributed by atoms with van der Waals surface area (Å²) in [6.07, 6.45) is 5.21. The van der Waals surface area contributed by atoms with Crippen molar-refractivity contribution in [2.75, 3.05) is 0 Å². The van der Waals surface area contributed by atoms with Crippen LogP contribution in [0.4, 0.5) is 0 Å². The summed E-state index contributed by atoms with van der Waals surface area (Å²) in [7, 11) is 0. The smallest absolute Gasteiger partial charge is 0.0187 e. The summed E-state index contributed by atoms with van der Waals surface area (Å²) in [5.41, 5.74) is 4.70. The summed E-state index contributed by atoms with van der Waals surface area (Å²) in [6.45, 7) is 4.59. The molecule has 0 spiro atoms. The van der Waals surface area contributed by atoms with E-state index in [2.05, 4.69) is 32.0 Å². The zero-order valence-electron chi connectivity index (χ0n) is 8.64. The lowest BCUT2D eigenvalue weighted by atomic mass is 9.83. The van der Waals surface area contributed by atoms with E-state index in [1.165, 1.54) is 31.2 Å². The van der Waals surface area contributed by atoms with Gasteiger partial charge in [0.1, 0.15) is 0 Å². The molecule has 1 aromatic carbocycles. The highest BCUT2D eigenvalue weighted by atomic mass is 14.2. The third-order valence-electron chi connectivity index (χ3n) is 3.23. The van der Waals surface area contributed by atoms with E-state index in [0.717, 1.165) is 5.92 Å². The Morgan fingerprint density at radius 1 is 1.38 bits per heavy atom. The third kappa shape index (κ3) is 1.63. The maximum Gasteiger partial charge on any atom is -0.0187 e. The van der Waals surface area contributed by atoms with Crippen molar-refractivity contribution in [3.8, 4) is 0 Å². The predicted octanol–water partition coefficient (Wildman–Crippen LogP) is 3.69. The average Bonchev–Trinajstić information content (AvgIpc) is 2.18. The monoisotopic (exact) mass is 174 g/mol. The van der Waals surface area contributed by atoms with E-state index >= 15 is 0 Å². The Morgan fingerprint density at radius 2 is 2.23 bits per heavy atom. The van der Waals surface area contributed by atoms with E-state index in [9.17, 15) is 0 Å². The van der Waals surface area contributed by atoms with Gasteiger partial charge in [-0.25, -0.2) is 0 Å². The maximum absolute atomic E-state index is 2.42. The van der Waals surface area contributed by atoms with Gasteiger partial charge in [0.2, 0.25) is 0 Å². The lowest BCUT2D eigenvalue weighted by Gasteiger charge is -2.22. The Kier molecular flexibility index (Phi) is 2.39. The van der Waals surface area contributed by atoms with Gasteiger partial charge in [-0.1, -0.05) is 32.0 Å². The summed E-state index contributed by atoms with van der Waals surface area (Å²) in [5.74, 6) is 0.787. The molecule has 1 aromatic rings. The summed E-state index contributed by atoms with van der Waals surface area (Å²) < 4.78 is 0. The fraction of sp³-hybridized carbons (Fsp3) is 0.538. The van der Waals surface area contributed by atoms with Crippen molar-refractivity contribution in [3.63, 3.8) is 0 Å². The molecular weight excluding hydrogens is 156 g/mol. The largest absolute Gasteiger partial charge is 0.0613 e. The van der Waals surface area contributed by atoms with Gasteiger partial charge >= 0.3 is 0 Å². The Bertz CT molecular complexity index is 299. The van der Waals surface area contributed by atoms with Crippen molar-refractivity contribution in [2.45, 2.75) is 45.4 Å². The van der Waals surface area contributed by atoms with Gasteiger partial charge in [0.25, 0.3) is 0 Å². The molecule has 0 N–H and O–H groups in total. The van der Waals surface area contributed by atoms with Crippen molar-refractivity contribution in [1.29, 1.82) is 0 Å². The van der Waals surface area contributed by atoms with E-state index in [-0.39, 0.29) is 0 Å². The Labute approximate surface area is 81.0 Å². The first-order chi connectivity index (χ1) is 6.31. The molecule has 0 fully saturated rings. The van der Waals surface area contributed by atoms with Crippen molar-refractivity contribution in [3.05, 3.63) is 34.9 Å². The zero-order valence-corrected chi connectivity index (χ0v) is 8.64. The van der Waals surface area contributed by atoms with Crippen molar-refractivity contribution in [1.82, 2.24) is 0 Å². The van der Waals surface area contributed by atoms with Gasteiger partial charge < -0.3 is 0 Å². The highest BCUT2D eigenvalue weighted by molar-refractivity contribution is 5.36. The molecule has 13 heavy (non-hydrogen) atoms. The van der Waals surface area contributed by atoms with E-state index in [4.69, 9.17) is 0 Å². The van der Waals surface area contributed by atoms with Crippen LogP contribution < -0.4 is 0 Å². The minimum absolute atomic E-state index is 0.787. The average molecular weight is 174 g/mol. The van der Waals surface area contributed by atoms with Crippen molar-refractivity contribution >= 4 is 0 Å². The second kappa shape index (κ2) is 3.53. The molecule has 1 aliphatic rings. The van der Waals surface area contributed by atoms with Crippen LogP contribution in [0.1, 0.15) is 49.3 Å².